The number of nitrogens with two attached hydrogens (primary N) is 1. The van der Waals surface area contributed by atoms with E-state index in [1.54, 1.807) is 0 Å². The fraction of sp³-hybridized carbons (Fsp3) is 0.250. The molecule has 0 aliphatic heterocycles. The molecule has 0 saturated heterocycles. The summed E-state index contributed by atoms with van der Waals surface area (Å²) in [6.45, 7) is 10.7. The Labute approximate surface area is 151 Å². The monoisotopic (exact) mass is 329 g/mol. The van der Waals surface area contributed by atoms with E-state index in [0.717, 1.165) is 0 Å². The molecule has 3 aromatic rings. The van der Waals surface area contributed by atoms with Gasteiger partial charge >= 0.3 is 0 Å². The first-order valence-corrected chi connectivity index (χ1v) is 8.92. The summed E-state index contributed by atoms with van der Waals surface area (Å²) >= 11 is 0. The lowest BCUT2D eigenvalue weighted by atomic mass is 9.87. The van der Waals surface area contributed by atoms with Crippen LogP contribution in [0.3, 0.4) is 0 Å². The van der Waals surface area contributed by atoms with Crippen molar-refractivity contribution in [1.82, 2.24) is 0 Å². The molecule has 0 heterocycles. The number of hydrogen-bond acceptors (Lipinski definition) is 1. The van der Waals surface area contributed by atoms with Gasteiger partial charge in [0, 0.05) is 6.04 Å². The molecule has 3 aromatic carbocycles. The second-order valence-corrected chi connectivity index (χ2v) is 7.15. The highest BCUT2D eigenvalue weighted by atomic mass is 14.6. The molecule has 0 aromatic heterocycles. The van der Waals surface area contributed by atoms with Crippen molar-refractivity contribution in [3.8, 4) is 22.3 Å². The van der Waals surface area contributed by atoms with Crippen LogP contribution in [-0.4, -0.2) is 0 Å². The van der Waals surface area contributed by atoms with Crippen LogP contribution in [0.5, 0.6) is 0 Å². The number of rotatable bonds is 3. The zero-order chi connectivity index (χ0) is 18.1. The summed E-state index contributed by atoms with van der Waals surface area (Å²) in [5.74, 6) is 0. The number of hydrogen-bond donors (Lipinski definition) is 1. The normalized spacial score (nSPS) is 12.2. The molecule has 3 rings (SSSR count). The molecule has 1 nitrogen and oxygen atoms in total. The van der Waals surface area contributed by atoms with Crippen LogP contribution in [0.1, 0.15) is 40.8 Å². The lowest BCUT2D eigenvalue weighted by molar-refractivity contribution is 0.822. The lowest BCUT2D eigenvalue weighted by Gasteiger charge is -2.19. The van der Waals surface area contributed by atoms with Crippen molar-refractivity contribution in [2.75, 3.05) is 0 Å². The van der Waals surface area contributed by atoms with Crippen molar-refractivity contribution < 1.29 is 0 Å². The Hall–Kier alpha value is -2.38. The molecule has 0 aliphatic rings. The number of benzene rings is 3. The summed E-state index contributed by atoms with van der Waals surface area (Å²) in [5.41, 5.74) is 17.8. The molecule has 25 heavy (non-hydrogen) atoms. The van der Waals surface area contributed by atoms with Gasteiger partial charge in [0.25, 0.3) is 0 Å². The lowest BCUT2D eigenvalue weighted by Crippen LogP contribution is -2.09. The molecule has 0 bridgehead atoms. The van der Waals surface area contributed by atoms with Crippen LogP contribution >= 0.6 is 0 Å². The first kappa shape index (κ1) is 17.4. The van der Waals surface area contributed by atoms with E-state index in [2.05, 4.69) is 89.2 Å². The average molecular weight is 329 g/mol. The molecule has 1 unspecified atom stereocenters. The third-order valence-corrected chi connectivity index (χ3v) is 5.20. The van der Waals surface area contributed by atoms with Gasteiger partial charge < -0.3 is 5.73 Å². The minimum absolute atomic E-state index is 0.0329. The van der Waals surface area contributed by atoms with Crippen molar-refractivity contribution in [2.45, 2.75) is 40.7 Å². The Bertz CT molecular complexity index is 850. The molecule has 0 aliphatic carbocycles. The zero-order valence-corrected chi connectivity index (χ0v) is 15.9. The largest absolute Gasteiger partial charge is 0.324 e. The molecular formula is C24H27N. The fourth-order valence-corrected chi connectivity index (χ4v) is 3.38. The standard InChI is InChI=1S/C24H27N/c1-15-9-11-20(13-17(15)3)22-7-6-8-23(24(22)19(5)25)21-12-10-16(2)18(4)14-21/h6-14,19H,25H2,1-5H3. The Morgan fingerprint density at radius 3 is 1.44 bits per heavy atom. The Kier molecular flexibility index (Phi) is 4.78. The van der Waals surface area contributed by atoms with Crippen LogP contribution in [0.4, 0.5) is 0 Å². The molecule has 0 fully saturated rings. The van der Waals surface area contributed by atoms with Gasteiger partial charge in [0.15, 0.2) is 0 Å². The van der Waals surface area contributed by atoms with E-state index in [1.807, 2.05) is 0 Å². The number of aryl methyl sites for hydroxylation is 4. The first-order chi connectivity index (χ1) is 11.9. The average Bonchev–Trinajstić information content (AvgIpc) is 2.59. The van der Waals surface area contributed by atoms with E-state index in [4.69, 9.17) is 5.73 Å². The summed E-state index contributed by atoms with van der Waals surface area (Å²) in [6, 6.07) is 19.8. The van der Waals surface area contributed by atoms with E-state index in [1.165, 1.54) is 50.1 Å². The van der Waals surface area contributed by atoms with Gasteiger partial charge in [-0.05, 0) is 84.7 Å². The van der Waals surface area contributed by atoms with Gasteiger partial charge in [-0.25, -0.2) is 0 Å². The molecule has 1 atom stereocenters. The molecule has 128 valence electrons. The Balaban J connectivity index is 2.24. The second kappa shape index (κ2) is 6.85. The van der Waals surface area contributed by atoms with Crippen LogP contribution in [-0.2, 0) is 0 Å². The Morgan fingerprint density at radius 1 is 0.640 bits per heavy atom. The molecule has 0 radical (unpaired) electrons. The molecule has 1 heteroatoms. The van der Waals surface area contributed by atoms with Crippen molar-refractivity contribution in [3.05, 3.63) is 82.4 Å². The van der Waals surface area contributed by atoms with Crippen molar-refractivity contribution in [2.24, 2.45) is 5.73 Å². The van der Waals surface area contributed by atoms with Gasteiger partial charge in [-0.1, -0.05) is 54.6 Å². The van der Waals surface area contributed by atoms with Crippen LogP contribution < -0.4 is 5.73 Å². The summed E-state index contributed by atoms with van der Waals surface area (Å²) in [6.07, 6.45) is 0. The Morgan fingerprint density at radius 2 is 1.08 bits per heavy atom. The fourth-order valence-electron chi connectivity index (χ4n) is 3.38. The van der Waals surface area contributed by atoms with Gasteiger partial charge in [-0.15, -0.1) is 0 Å². The molecular weight excluding hydrogens is 302 g/mol. The SMILES string of the molecule is Cc1ccc(-c2cccc(-c3ccc(C)c(C)c3)c2C(C)N)cc1C. The maximum absolute atomic E-state index is 6.43. The van der Waals surface area contributed by atoms with Gasteiger partial charge in [-0.2, -0.15) is 0 Å². The predicted octanol–water partition coefficient (Wildman–Crippen LogP) is 6.27. The topological polar surface area (TPSA) is 26.0 Å². The molecule has 2 N–H and O–H groups in total. The highest BCUT2D eigenvalue weighted by Crippen LogP contribution is 2.36. The van der Waals surface area contributed by atoms with E-state index in [9.17, 15) is 0 Å². The smallest absolute Gasteiger partial charge is 0.0278 e. The third kappa shape index (κ3) is 3.38. The van der Waals surface area contributed by atoms with Gasteiger partial charge in [0.05, 0.1) is 0 Å². The first-order valence-electron chi connectivity index (χ1n) is 8.92. The van der Waals surface area contributed by atoms with Crippen LogP contribution in [0.15, 0.2) is 54.6 Å². The minimum atomic E-state index is -0.0329. The van der Waals surface area contributed by atoms with E-state index in [-0.39, 0.29) is 6.04 Å². The molecule has 0 saturated carbocycles. The van der Waals surface area contributed by atoms with Crippen LogP contribution in [0.25, 0.3) is 22.3 Å². The maximum Gasteiger partial charge on any atom is 0.0278 e. The summed E-state index contributed by atoms with van der Waals surface area (Å²) in [7, 11) is 0. The summed E-state index contributed by atoms with van der Waals surface area (Å²) in [5, 5.41) is 0. The minimum Gasteiger partial charge on any atom is -0.324 e. The van der Waals surface area contributed by atoms with E-state index in [0.29, 0.717) is 0 Å². The summed E-state index contributed by atoms with van der Waals surface area (Å²) in [4.78, 5) is 0. The highest BCUT2D eigenvalue weighted by Gasteiger charge is 2.15. The molecule has 0 amide bonds. The van der Waals surface area contributed by atoms with Gasteiger partial charge in [0.2, 0.25) is 0 Å². The van der Waals surface area contributed by atoms with E-state index >= 15 is 0 Å². The van der Waals surface area contributed by atoms with Crippen LogP contribution in [0, 0.1) is 27.7 Å². The quantitative estimate of drug-likeness (QED) is 0.601. The van der Waals surface area contributed by atoms with Crippen molar-refractivity contribution >= 4 is 0 Å². The predicted molar refractivity (Wildman–Crippen MR) is 109 cm³/mol. The summed E-state index contributed by atoms with van der Waals surface area (Å²) < 4.78 is 0. The van der Waals surface area contributed by atoms with Crippen molar-refractivity contribution in [3.63, 3.8) is 0 Å². The van der Waals surface area contributed by atoms with Crippen LogP contribution in [0.2, 0.25) is 0 Å². The van der Waals surface area contributed by atoms with Crippen molar-refractivity contribution in [1.29, 1.82) is 0 Å². The van der Waals surface area contributed by atoms with Gasteiger partial charge in [0.1, 0.15) is 0 Å². The molecule has 0 spiro atoms. The third-order valence-electron chi connectivity index (χ3n) is 5.20. The highest BCUT2D eigenvalue weighted by molar-refractivity contribution is 5.80. The maximum atomic E-state index is 6.43. The van der Waals surface area contributed by atoms with Gasteiger partial charge in [-0.3, -0.25) is 0 Å². The second-order valence-electron chi connectivity index (χ2n) is 7.15. The van der Waals surface area contributed by atoms with E-state index < -0.39 is 0 Å². The zero-order valence-electron chi connectivity index (χ0n) is 15.9.